The fourth-order valence-corrected chi connectivity index (χ4v) is 27.8. The molecule has 8 amide bonds. The normalized spacial score (nSPS) is 14.8. The molecule has 2 fully saturated rings. The Morgan fingerprint density at radius 2 is 0.635 bits per heavy atom. The van der Waals surface area contributed by atoms with Crippen molar-refractivity contribution in [1.29, 1.82) is 0 Å². The van der Waals surface area contributed by atoms with Crippen molar-refractivity contribution in [3.05, 3.63) is 279 Å². The molecule has 0 radical (unpaired) electrons. The van der Waals surface area contributed by atoms with E-state index in [1.54, 1.807) is 60.7 Å². The summed E-state index contributed by atoms with van der Waals surface area (Å²) < 4.78 is 101. The van der Waals surface area contributed by atoms with Gasteiger partial charge in [-0.2, -0.15) is 0 Å². The number of fused-ring (bicyclic) bond motifs is 4. The molecule has 148 heavy (non-hydrogen) atoms. The molecule has 1 saturated heterocycles. The summed E-state index contributed by atoms with van der Waals surface area (Å²) in [5.41, 5.74) is 9.79. The molecule has 1 aliphatic carbocycles. The first-order valence-corrected chi connectivity index (χ1v) is 58.1. The standard InChI is InChI=1S/C28H29ClN4O5S2.C25H25ClN4O5S2.C25H22ClN3O5S2.C24H22ClN3O5S2/c29-24-7-9-27(39-24)40(37,38)18-22(34)14-19-4-8-25(31-17-19)33-26(35)16-20-15-21(5-6-23(20)28(33)36)30-10-13-32-11-2-1-3-12-32;1-29(2)10-9-27-18-4-5-20-17(12-18)13-23(32)30(25(20)33)22-7-3-16(14-28-22)11-19(31)15-37(34,35)24-8-6-21(26)36-24;26-21-6-8-24(35-21)36(33,34)14-19(30)9-16-3-7-22(28-13-16)29-23(31)11-17-10-18(27-12-15-1-2-15)4-5-20(17)25(29)32;1-2-9-26-17-4-5-19-16(11-17)12-22(30)28(24(19)31)21-7-3-15(13-27-21)10-18(29)14-35(32,33)23-8-6-20(25)34-23/h4-9,15,17,30H,1-3,10-14,16,18H2;3-8,12,14,27H,9-11,13,15H2,1-2H3;3-8,10,13,15,27H,1-2,9,11-12,14H2;3-8,11,13,26H,2,9-10,12,14H2,1H3. The number of piperidine rings is 1. The first kappa shape index (κ1) is 110. The van der Waals surface area contributed by atoms with Crippen LogP contribution in [-0.4, -0.2) is 223 Å². The van der Waals surface area contributed by atoms with Crippen LogP contribution in [0.4, 0.5) is 46.0 Å². The molecule has 4 aromatic carbocycles. The molecule has 0 unspecified atom stereocenters. The number of hydrogen-bond acceptors (Lipinski definition) is 34. The van der Waals surface area contributed by atoms with Gasteiger partial charge in [-0.1, -0.05) is 84.0 Å². The predicted molar refractivity (Wildman–Crippen MR) is 571 cm³/mol. The molecule has 12 aromatic rings. The molecule has 13 heterocycles. The average molecular weight is 2240 g/mol. The molecule has 0 bridgehead atoms. The number of likely N-dealkylation sites (N-methyl/N-ethyl adjacent to an activating group) is 1. The molecule has 5 aliphatic heterocycles. The van der Waals surface area contributed by atoms with Crippen molar-refractivity contribution >= 4 is 248 Å². The smallest absolute Gasteiger partial charge is 0.266 e. The van der Waals surface area contributed by atoms with Crippen molar-refractivity contribution in [3.8, 4) is 0 Å². The maximum Gasteiger partial charge on any atom is 0.266 e. The number of sulfone groups is 4. The lowest BCUT2D eigenvalue weighted by molar-refractivity contribution is -0.118. The van der Waals surface area contributed by atoms with Crippen molar-refractivity contribution in [1.82, 2.24) is 29.7 Å². The first-order chi connectivity index (χ1) is 70.6. The van der Waals surface area contributed by atoms with Gasteiger partial charge in [0.2, 0.25) is 23.6 Å². The molecule has 0 atom stereocenters. The van der Waals surface area contributed by atoms with Gasteiger partial charge >= 0.3 is 0 Å². The first-order valence-electron chi connectivity index (χ1n) is 46.7. The topological polar surface area (TPSA) is 461 Å². The van der Waals surface area contributed by atoms with E-state index in [1.165, 1.54) is 130 Å². The number of imide groups is 4. The van der Waals surface area contributed by atoms with E-state index >= 15 is 0 Å². The fraction of sp³-hybridized carbons (Fsp3) is 0.294. The average Bonchev–Trinajstić information content (AvgIpc) is 1.39. The number of benzene rings is 4. The van der Waals surface area contributed by atoms with Gasteiger partial charge in [0.05, 0.1) is 43.0 Å². The van der Waals surface area contributed by atoms with Crippen LogP contribution in [0, 0.1) is 5.92 Å². The highest BCUT2D eigenvalue weighted by molar-refractivity contribution is 7.95. The van der Waals surface area contributed by atoms with Crippen molar-refractivity contribution in [2.75, 3.05) is 130 Å². The minimum atomic E-state index is -3.78. The highest BCUT2D eigenvalue weighted by Crippen LogP contribution is 2.37. The number of nitrogens with one attached hydrogen (secondary N) is 4. The van der Waals surface area contributed by atoms with Gasteiger partial charge in [-0.25, -0.2) is 73.2 Å². The number of carbonyl (C=O) groups is 12. The maximum atomic E-state index is 13.2. The second kappa shape index (κ2) is 48.5. The molecule has 4 N–H and O–H groups in total. The highest BCUT2D eigenvalue weighted by Gasteiger charge is 2.40. The number of nitrogens with zero attached hydrogens (tertiary/aromatic N) is 10. The van der Waals surface area contributed by atoms with E-state index in [4.69, 9.17) is 46.4 Å². The number of Topliss-reactive ketones (excluding diaryl/α,β-unsaturated/α-hetero) is 4. The Morgan fingerprint density at radius 3 is 0.885 bits per heavy atom. The largest absolute Gasteiger partial charge is 0.385 e. The van der Waals surface area contributed by atoms with Gasteiger partial charge in [-0.3, -0.25) is 57.5 Å². The third kappa shape index (κ3) is 28.4. The minimum Gasteiger partial charge on any atom is -0.385 e. The summed E-state index contributed by atoms with van der Waals surface area (Å²) in [4.78, 5) is 179. The van der Waals surface area contributed by atoms with Crippen LogP contribution >= 0.6 is 91.8 Å². The van der Waals surface area contributed by atoms with E-state index in [-0.39, 0.29) is 103 Å². The number of carbonyl (C=O) groups excluding carboxylic acids is 12. The van der Waals surface area contributed by atoms with Crippen LogP contribution < -0.4 is 40.9 Å². The van der Waals surface area contributed by atoms with E-state index < -0.39 is 121 Å². The van der Waals surface area contributed by atoms with Crippen LogP contribution in [0.15, 0.2) is 211 Å². The molecule has 772 valence electrons. The molecular formula is C102H98Cl4N14O20S8. The van der Waals surface area contributed by atoms with Crippen LogP contribution in [0.2, 0.25) is 17.3 Å². The Labute approximate surface area is 889 Å². The number of likely N-dealkylation sites (tertiary alicyclic amines) is 1. The second-order valence-corrected chi connectivity index (χ2v) is 51.6. The number of rotatable bonds is 38. The summed E-state index contributed by atoms with van der Waals surface area (Å²) in [7, 11) is -11.1. The van der Waals surface area contributed by atoms with E-state index in [0.717, 1.165) is 146 Å². The van der Waals surface area contributed by atoms with Gasteiger partial charge < -0.3 is 31.1 Å². The van der Waals surface area contributed by atoms with E-state index in [1.807, 2.05) is 62.3 Å². The maximum absolute atomic E-state index is 13.2. The molecule has 0 spiro atoms. The van der Waals surface area contributed by atoms with Crippen LogP contribution in [0.3, 0.4) is 0 Å². The molecule has 6 aliphatic rings. The van der Waals surface area contributed by atoms with E-state index in [0.29, 0.717) is 90.0 Å². The predicted octanol–water partition coefficient (Wildman–Crippen LogP) is 15.0. The van der Waals surface area contributed by atoms with Crippen molar-refractivity contribution in [3.63, 3.8) is 0 Å². The van der Waals surface area contributed by atoms with Gasteiger partial charge in [0.25, 0.3) is 23.6 Å². The summed E-state index contributed by atoms with van der Waals surface area (Å²) in [6.45, 7) is 9.30. The van der Waals surface area contributed by atoms with E-state index in [2.05, 4.69) is 46.1 Å². The number of pyridine rings is 4. The Balaban J connectivity index is 0.000000148. The Kier molecular flexibility index (Phi) is 36.0. The van der Waals surface area contributed by atoms with Crippen molar-refractivity contribution < 1.29 is 91.2 Å². The Bertz CT molecular complexity index is 7630. The summed E-state index contributed by atoms with van der Waals surface area (Å²) in [5.74, 6) is -6.73. The quantitative estimate of drug-likeness (QED) is 0.0261. The SMILES string of the molecule is CCCNc1ccc2c(c1)CC(=O)N(c1ccc(CC(=O)CS(=O)(=O)c3ccc(Cl)s3)cn1)C2=O.CN(C)CCNc1ccc2c(c1)CC(=O)N(c1ccc(CC(=O)CS(=O)(=O)c3ccc(Cl)s3)cn1)C2=O.O=C(Cc1ccc(N2C(=O)Cc3cc(NCC4CC4)ccc3C2=O)nc1)CS(=O)(=O)c1ccc(Cl)s1.O=C(Cc1ccc(N2C(=O)Cc3cc(NCCN4CCCCC4)ccc3C2=O)nc1)CS(=O)(=O)c1ccc(Cl)s1. The third-order valence-electron chi connectivity index (χ3n) is 24.1. The van der Waals surface area contributed by atoms with Gasteiger partial charge in [-0.05, 0) is 255 Å². The lowest BCUT2D eigenvalue weighted by atomic mass is 9.97. The summed E-state index contributed by atoms with van der Waals surface area (Å²) >= 11 is 26.8. The summed E-state index contributed by atoms with van der Waals surface area (Å²) in [6.07, 6.45) is 12.4. The lowest BCUT2D eigenvalue weighted by Crippen LogP contribution is -2.43. The van der Waals surface area contributed by atoms with Crippen molar-refractivity contribution in [2.24, 2.45) is 5.92 Å². The minimum absolute atomic E-state index is 0.0400. The molecule has 1 saturated carbocycles. The lowest BCUT2D eigenvalue weighted by Gasteiger charge is -2.27. The number of anilines is 8. The highest BCUT2D eigenvalue weighted by atomic mass is 35.5. The molecule has 8 aromatic heterocycles. The molecular weight excluding hydrogens is 2140 g/mol. The van der Waals surface area contributed by atoms with Gasteiger partial charge in [0.1, 0.15) is 63.1 Å². The van der Waals surface area contributed by atoms with E-state index in [9.17, 15) is 91.2 Å². The summed E-state index contributed by atoms with van der Waals surface area (Å²) in [5, 5.41) is 13.3. The monoisotopic (exact) mass is 2230 g/mol. The number of halogens is 4. The number of ketones is 4. The van der Waals surface area contributed by atoms with Crippen LogP contribution in [0.1, 0.15) is 131 Å². The molecule has 34 nitrogen and oxygen atoms in total. The van der Waals surface area contributed by atoms with Crippen LogP contribution in [0.5, 0.6) is 0 Å². The fourth-order valence-electron chi connectivity index (χ4n) is 16.6. The number of aromatic nitrogens is 4. The summed E-state index contributed by atoms with van der Waals surface area (Å²) in [6, 6.07) is 45.1. The van der Waals surface area contributed by atoms with Crippen LogP contribution in [-0.2, 0) is 129 Å². The van der Waals surface area contributed by atoms with Crippen LogP contribution in [0.25, 0.3) is 0 Å². The van der Waals surface area contributed by atoms with Gasteiger partial charge in [-0.15, -0.1) is 45.3 Å². The zero-order valence-electron chi connectivity index (χ0n) is 79.9. The van der Waals surface area contributed by atoms with Gasteiger partial charge in [0.15, 0.2) is 62.5 Å². The zero-order valence-corrected chi connectivity index (χ0v) is 89.4. The second-order valence-electron chi connectivity index (χ2n) is 35.9. The number of hydrogen-bond donors (Lipinski definition) is 4. The Morgan fingerprint density at radius 1 is 0.358 bits per heavy atom. The Hall–Kier alpha value is -12.4. The molecule has 18 rings (SSSR count). The molecule has 46 heteroatoms. The zero-order chi connectivity index (χ0) is 106. The number of amides is 8. The van der Waals surface area contributed by atoms with Crippen molar-refractivity contribution in [2.45, 2.75) is 114 Å². The van der Waals surface area contributed by atoms with Gasteiger partial charge in [0, 0.05) is 135 Å². The third-order valence-corrected chi connectivity index (χ3v) is 38.0. The number of thiophene rings is 4.